The summed E-state index contributed by atoms with van der Waals surface area (Å²) < 4.78 is 5.03. The predicted molar refractivity (Wildman–Crippen MR) is 107 cm³/mol. The molecule has 156 valence electrons. The molecule has 0 aromatic heterocycles. The van der Waals surface area contributed by atoms with E-state index in [0.29, 0.717) is 37.6 Å². The molecule has 5 nitrogen and oxygen atoms in total. The predicted octanol–water partition coefficient (Wildman–Crippen LogP) is 3.01. The fraction of sp³-hybridized carbons (Fsp3) is 0.955. The summed E-state index contributed by atoms with van der Waals surface area (Å²) in [7, 11) is 1.65. The van der Waals surface area contributed by atoms with Crippen LogP contribution >= 0.6 is 0 Å². The van der Waals surface area contributed by atoms with Crippen LogP contribution in [0.1, 0.15) is 78.6 Å². The normalized spacial score (nSPS) is 38.3. The highest BCUT2D eigenvalue weighted by molar-refractivity contribution is 5.75. The van der Waals surface area contributed by atoms with Crippen molar-refractivity contribution >= 4 is 5.91 Å². The van der Waals surface area contributed by atoms with Crippen LogP contribution in [0.15, 0.2) is 0 Å². The second-order valence-corrected chi connectivity index (χ2v) is 10.4. The summed E-state index contributed by atoms with van der Waals surface area (Å²) in [5.41, 5.74) is -0.254. The Morgan fingerprint density at radius 3 is 2.56 bits per heavy atom. The maximum Gasteiger partial charge on any atom is 0.220 e. The molecule has 0 heterocycles. The van der Waals surface area contributed by atoms with Crippen LogP contribution in [0.2, 0.25) is 0 Å². The van der Waals surface area contributed by atoms with Crippen LogP contribution in [0.4, 0.5) is 0 Å². The Labute approximate surface area is 165 Å². The molecule has 3 aliphatic rings. The van der Waals surface area contributed by atoms with E-state index < -0.39 is 5.60 Å². The van der Waals surface area contributed by atoms with E-state index in [0.717, 1.165) is 32.1 Å². The Hall–Kier alpha value is -0.650. The molecule has 3 saturated carbocycles. The maximum absolute atomic E-state index is 12.4. The van der Waals surface area contributed by atoms with E-state index in [4.69, 9.17) is 4.74 Å². The lowest BCUT2D eigenvalue weighted by molar-refractivity contribution is -0.123. The van der Waals surface area contributed by atoms with Gasteiger partial charge in [-0.1, -0.05) is 20.3 Å². The third kappa shape index (κ3) is 4.51. The zero-order chi connectivity index (χ0) is 19.7. The molecule has 0 spiro atoms. The fourth-order valence-corrected chi connectivity index (χ4v) is 6.05. The van der Waals surface area contributed by atoms with Gasteiger partial charge in [0.25, 0.3) is 0 Å². The lowest BCUT2D eigenvalue weighted by Gasteiger charge is -2.51. The Morgan fingerprint density at radius 1 is 1.19 bits per heavy atom. The first-order valence-corrected chi connectivity index (χ1v) is 10.9. The monoisotopic (exact) mass is 380 g/mol. The van der Waals surface area contributed by atoms with Crippen LogP contribution in [-0.2, 0) is 9.53 Å². The maximum atomic E-state index is 12.4. The molecule has 0 aliphatic heterocycles. The van der Waals surface area contributed by atoms with E-state index in [-0.39, 0.29) is 16.7 Å². The number of amides is 1. The smallest absolute Gasteiger partial charge is 0.220 e. The van der Waals surface area contributed by atoms with Crippen molar-refractivity contribution in [2.24, 2.45) is 16.7 Å². The first-order chi connectivity index (χ1) is 12.7. The van der Waals surface area contributed by atoms with Crippen molar-refractivity contribution in [3.63, 3.8) is 0 Å². The summed E-state index contributed by atoms with van der Waals surface area (Å²) in [4.78, 5) is 12.4. The van der Waals surface area contributed by atoms with Gasteiger partial charge in [0.2, 0.25) is 5.91 Å². The first kappa shape index (κ1) is 21.1. The van der Waals surface area contributed by atoms with Crippen molar-refractivity contribution in [3.05, 3.63) is 0 Å². The van der Waals surface area contributed by atoms with Crippen LogP contribution in [0, 0.1) is 16.7 Å². The fourth-order valence-electron chi connectivity index (χ4n) is 6.05. The van der Waals surface area contributed by atoms with Gasteiger partial charge in [-0.3, -0.25) is 4.79 Å². The second kappa shape index (κ2) is 8.00. The van der Waals surface area contributed by atoms with Crippen LogP contribution < -0.4 is 10.6 Å². The number of fused-ring (bicyclic) bond motifs is 1. The number of aliphatic hydroxyl groups is 1. The van der Waals surface area contributed by atoms with Crippen molar-refractivity contribution in [2.45, 2.75) is 96.2 Å². The lowest BCUT2D eigenvalue weighted by Crippen LogP contribution is -2.54. The number of methoxy groups -OCH3 is 1. The topological polar surface area (TPSA) is 70.6 Å². The largest absolute Gasteiger partial charge is 0.390 e. The van der Waals surface area contributed by atoms with E-state index in [1.54, 1.807) is 7.11 Å². The minimum absolute atomic E-state index is 0.125. The molecule has 3 N–H and O–H groups in total. The van der Waals surface area contributed by atoms with Crippen molar-refractivity contribution < 1.29 is 14.6 Å². The van der Waals surface area contributed by atoms with Crippen LogP contribution in [0.3, 0.4) is 0 Å². The highest BCUT2D eigenvalue weighted by atomic mass is 16.5. The van der Waals surface area contributed by atoms with Crippen LogP contribution in [-0.4, -0.2) is 49.0 Å². The molecule has 3 fully saturated rings. The summed E-state index contributed by atoms with van der Waals surface area (Å²) in [6.45, 7) is 7.87. The molecule has 0 bridgehead atoms. The highest BCUT2D eigenvalue weighted by Crippen LogP contribution is 2.64. The van der Waals surface area contributed by atoms with E-state index in [1.165, 1.54) is 19.3 Å². The Morgan fingerprint density at radius 2 is 1.93 bits per heavy atom. The molecule has 0 aromatic rings. The number of carbonyl (C=O) groups is 1. The third-order valence-corrected chi connectivity index (χ3v) is 7.82. The molecular formula is C22H40N2O3. The number of rotatable bonds is 8. The molecule has 0 unspecified atom stereocenters. The number of carbonyl (C=O) groups excluding carboxylic acids is 1. The van der Waals surface area contributed by atoms with Crippen molar-refractivity contribution in [2.75, 3.05) is 20.3 Å². The van der Waals surface area contributed by atoms with Crippen molar-refractivity contribution in [1.82, 2.24) is 10.6 Å². The number of hydrogen-bond acceptors (Lipinski definition) is 4. The summed E-state index contributed by atoms with van der Waals surface area (Å²) in [6, 6.07) is 1.12. The Bertz CT molecular complexity index is 530. The molecule has 1 amide bonds. The third-order valence-electron chi connectivity index (χ3n) is 7.82. The van der Waals surface area contributed by atoms with Gasteiger partial charge >= 0.3 is 0 Å². The molecule has 0 aromatic carbocycles. The van der Waals surface area contributed by atoms with Gasteiger partial charge in [0, 0.05) is 32.2 Å². The SMILES string of the molecule is COCCNC(=O)CC[C@]12CC[C@](C)(O)C[C@H]1C(C)(C)C[C@@H]2NC1CCC1. The molecule has 4 atom stereocenters. The number of hydrogen-bond donors (Lipinski definition) is 3. The van der Waals surface area contributed by atoms with E-state index in [2.05, 4.69) is 24.5 Å². The molecule has 3 rings (SSSR count). The molecule has 3 aliphatic carbocycles. The number of nitrogens with one attached hydrogen (secondary N) is 2. The zero-order valence-corrected chi connectivity index (χ0v) is 17.8. The van der Waals surface area contributed by atoms with Gasteiger partial charge in [-0.25, -0.2) is 0 Å². The quantitative estimate of drug-likeness (QED) is 0.566. The zero-order valence-electron chi connectivity index (χ0n) is 17.8. The van der Waals surface area contributed by atoms with Crippen LogP contribution in [0.5, 0.6) is 0 Å². The highest BCUT2D eigenvalue weighted by Gasteiger charge is 2.61. The summed E-state index contributed by atoms with van der Waals surface area (Å²) in [5.74, 6) is 0.586. The van der Waals surface area contributed by atoms with Crippen molar-refractivity contribution in [3.8, 4) is 0 Å². The van der Waals surface area contributed by atoms with Gasteiger partial charge in [0.1, 0.15) is 0 Å². The van der Waals surface area contributed by atoms with Gasteiger partial charge in [0.05, 0.1) is 12.2 Å². The average molecular weight is 381 g/mol. The van der Waals surface area contributed by atoms with E-state index in [1.807, 2.05) is 6.92 Å². The molecule has 0 saturated heterocycles. The molecule has 0 radical (unpaired) electrons. The molecular weight excluding hydrogens is 340 g/mol. The standard InChI is InChI=1S/C22H40N2O3/c1-20(2)15-18(24-16-6-5-7-16)22(9-8-19(25)23-12-13-27-4)11-10-21(3,26)14-17(20)22/h16-18,24,26H,5-15H2,1-4H3,(H,23,25)/t17-,18-,21-,22-/m0/s1. The minimum Gasteiger partial charge on any atom is -0.390 e. The molecule has 27 heavy (non-hydrogen) atoms. The minimum atomic E-state index is -0.572. The first-order valence-electron chi connectivity index (χ1n) is 10.9. The van der Waals surface area contributed by atoms with Crippen molar-refractivity contribution in [1.29, 1.82) is 0 Å². The van der Waals surface area contributed by atoms with Gasteiger partial charge in [-0.15, -0.1) is 0 Å². The second-order valence-electron chi connectivity index (χ2n) is 10.4. The van der Waals surface area contributed by atoms with Gasteiger partial charge in [-0.2, -0.15) is 0 Å². The number of ether oxygens (including phenoxy) is 1. The lowest BCUT2D eigenvalue weighted by atomic mass is 9.57. The van der Waals surface area contributed by atoms with Gasteiger partial charge in [-0.05, 0) is 68.6 Å². The summed E-state index contributed by atoms with van der Waals surface area (Å²) in [5, 5.41) is 17.8. The van der Waals surface area contributed by atoms with E-state index in [9.17, 15) is 9.90 Å². The van der Waals surface area contributed by atoms with Gasteiger partial charge < -0.3 is 20.5 Å². The Kier molecular flexibility index (Phi) is 6.24. The van der Waals surface area contributed by atoms with E-state index >= 15 is 0 Å². The molecule has 5 heteroatoms. The summed E-state index contributed by atoms with van der Waals surface area (Å²) >= 11 is 0. The Balaban J connectivity index is 1.74. The van der Waals surface area contributed by atoms with Crippen LogP contribution in [0.25, 0.3) is 0 Å². The average Bonchev–Trinajstić information content (AvgIpc) is 2.76. The van der Waals surface area contributed by atoms with Gasteiger partial charge in [0.15, 0.2) is 0 Å². The summed E-state index contributed by atoms with van der Waals surface area (Å²) in [6.07, 6.45) is 9.25.